The summed E-state index contributed by atoms with van der Waals surface area (Å²) < 4.78 is 19.3. The molecule has 2 atom stereocenters. The first-order valence-electron chi connectivity index (χ1n) is 14.1. The summed E-state index contributed by atoms with van der Waals surface area (Å²) in [5, 5.41) is 20.1. The third kappa shape index (κ3) is 5.97. The summed E-state index contributed by atoms with van der Waals surface area (Å²) in [6.07, 6.45) is 6.29. The Balaban J connectivity index is 1.43. The molecule has 1 saturated carbocycles. The normalized spacial score (nSPS) is 16.6. The molecule has 1 aliphatic carbocycles. The molecule has 1 aromatic heterocycles. The minimum Gasteiger partial charge on any atom is -0.385 e. The van der Waals surface area contributed by atoms with Crippen LogP contribution in [0.4, 0.5) is 15.8 Å². The van der Waals surface area contributed by atoms with E-state index >= 15 is 0 Å². The van der Waals surface area contributed by atoms with Gasteiger partial charge in [-0.05, 0) is 54.7 Å². The molecule has 0 saturated heterocycles. The highest BCUT2D eigenvalue weighted by Crippen LogP contribution is 2.39. The largest absolute Gasteiger partial charge is 0.385 e. The second-order valence-electron chi connectivity index (χ2n) is 10.8. The topological polar surface area (TPSA) is 97.3 Å². The quantitative estimate of drug-likeness (QED) is 0.161. The third-order valence-corrected chi connectivity index (χ3v) is 8.06. The molecule has 3 aromatic carbocycles. The molecule has 0 bridgehead atoms. The molecule has 216 valence electrons. The average Bonchev–Trinajstić information content (AvgIpc) is 3.75. The standard InChI is InChI=1S/C32H30BClFN7O/c1-43-14-13-28(20-5-3-2-4-6-20)38-30-21(17-36)18-37-31-26(30)15-24(16-27(31)34)39-32(33,22-7-9-23(35)10-8-22)29-19-42(41-40-29)25-11-12-25/h2-10,15-16,18-19,25,28,39-41H,11-14H2,1H3,(H,37,38)/t28-,32+/m1/s1. The maximum atomic E-state index is 13.9. The Bertz CT molecular complexity index is 1690. The van der Waals surface area contributed by atoms with Gasteiger partial charge in [-0.25, -0.2) is 4.39 Å². The van der Waals surface area contributed by atoms with Crippen LogP contribution < -0.4 is 21.6 Å². The maximum absolute atomic E-state index is 13.9. The lowest BCUT2D eigenvalue weighted by Gasteiger charge is -2.34. The van der Waals surface area contributed by atoms with Crippen molar-refractivity contribution in [1.82, 2.24) is 21.0 Å². The Morgan fingerprint density at radius 2 is 1.98 bits per heavy atom. The molecule has 43 heavy (non-hydrogen) atoms. The Labute approximate surface area is 256 Å². The Hall–Kier alpha value is -4.30. The summed E-state index contributed by atoms with van der Waals surface area (Å²) in [7, 11) is 8.78. The fourth-order valence-electron chi connectivity index (χ4n) is 5.30. The van der Waals surface area contributed by atoms with Crippen LogP contribution in [0.5, 0.6) is 0 Å². The number of aromatic nitrogens is 1. The van der Waals surface area contributed by atoms with Crippen LogP contribution in [0.3, 0.4) is 0 Å². The lowest BCUT2D eigenvalue weighted by molar-refractivity contribution is 0.190. The van der Waals surface area contributed by atoms with Crippen LogP contribution in [0.25, 0.3) is 10.9 Å². The minimum absolute atomic E-state index is 0.144. The number of benzene rings is 3. The molecule has 1 fully saturated rings. The van der Waals surface area contributed by atoms with Crippen LogP contribution in [0.2, 0.25) is 5.02 Å². The van der Waals surface area contributed by atoms with Crippen molar-refractivity contribution in [3.05, 3.63) is 112 Å². The summed E-state index contributed by atoms with van der Waals surface area (Å²) in [6, 6.07) is 22.2. The molecule has 11 heteroatoms. The van der Waals surface area contributed by atoms with Gasteiger partial charge in [0.2, 0.25) is 0 Å². The smallest absolute Gasteiger partial charge is 0.123 e. The second-order valence-corrected chi connectivity index (χ2v) is 11.2. The first kappa shape index (κ1) is 28.8. The first-order chi connectivity index (χ1) is 20.9. The van der Waals surface area contributed by atoms with E-state index in [1.807, 2.05) is 47.6 Å². The van der Waals surface area contributed by atoms with E-state index in [0.29, 0.717) is 63.2 Å². The molecule has 0 spiro atoms. The molecular weight excluding hydrogens is 564 g/mol. The molecule has 6 rings (SSSR count). The summed E-state index contributed by atoms with van der Waals surface area (Å²) >= 11 is 6.82. The SMILES string of the molecule is [B][C@@](Nc1cc(Cl)c2ncc(C#N)c(N[C@H](CCOC)c3ccccc3)c2c1)(C1=CN(C2CC2)NN1)c1ccc(F)cc1. The summed E-state index contributed by atoms with van der Waals surface area (Å²) in [4.78, 5) is 4.51. The monoisotopic (exact) mass is 593 g/mol. The van der Waals surface area contributed by atoms with Crippen LogP contribution >= 0.6 is 11.6 Å². The number of halogens is 2. The number of hydrogen-bond acceptors (Lipinski definition) is 8. The number of pyridine rings is 1. The lowest BCUT2D eigenvalue weighted by atomic mass is 9.69. The predicted octanol–water partition coefficient (Wildman–Crippen LogP) is 5.85. The number of fused-ring (bicyclic) bond motifs is 1. The van der Waals surface area contributed by atoms with E-state index in [0.717, 1.165) is 18.4 Å². The number of nitrogens with one attached hydrogen (secondary N) is 4. The van der Waals surface area contributed by atoms with Gasteiger partial charge in [-0.2, -0.15) is 5.26 Å². The maximum Gasteiger partial charge on any atom is 0.123 e. The number of rotatable bonds is 11. The van der Waals surface area contributed by atoms with Gasteiger partial charge in [0.15, 0.2) is 0 Å². The highest BCUT2D eigenvalue weighted by molar-refractivity contribution is 6.36. The van der Waals surface area contributed by atoms with Crippen LogP contribution in [-0.4, -0.2) is 37.6 Å². The van der Waals surface area contributed by atoms with Gasteiger partial charge >= 0.3 is 0 Å². The molecule has 8 nitrogen and oxygen atoms in total. The Morgan fingerprint density at radius 1 is 1.21 bits per heavy atom. The van der Waals surface area contributed by atoms with Crippen molar-refractivity contribution >= 4 is 41.7 Å². The highest BCUT2D eigenvalue weighted by Gasteiger charge is 2.37. The van der Waals surface area contributed by atoms with E-state index in [4.69, 9.17) is 24.2 Å². The molecule has 4 aromatic rings. The first-order valence-corrected chi connectivity index (χ1v) is 14.5. The molecule has 1 aliphatic heterocycles. The summed E-state index contributed by atoms with van der Waals surface area (Å²) in [5.74, 6) is -0.363. The molecule has 2 aliphatic rings. The number of hydrogen-bond donors (Lipinski definition) is 4. The number of nitrogens with zero attached hydrogens (tertiary/aromatic N) is 3. The van der Waals surface area contributed by atoms with Gasteiger partial charge in [0.25, 0.3) is 0 Å². The van der Waals surface area contributed by atoms with Crippen molar-refractivity contribution in [2.45, 2.75) is 36.8 Å². The molecule has 0 amide bonds. The zero-order valence-corrected chi connectivity index (χ0v) is 24.3. The van der Waals surface area contributed by atoms with Crippen LogP contribution in [0, 0.1) is 17.1 Å². The minimum atomic E-state index is -1.29. The van der Waals surface area contributed by atoms with Crippen LogP contribution in [0.15, 0.2) is 84.8 Å². The molecule has 4 N–H and O–H groups in total. The van der Waals surface area contributed by atoms with Gasteiger partial charge in [0.05, 0.1) is 39.0 Å². The van der Waals surface area contributed by atoms with Gasteiger partial charge in [0.1, 0.15) is 19.7 Å². The van der Waals surface area contributed by atoms with Crippen LogP contribution in [-0.2, 0) is 10.2 Å². The average molecular weight is 594 g/mol. The highest BCUT2D eigenvalue weighted by atomic mass is 35.5. The van der Waals surface area contributed by atoms with Crippen molar-refractivity contribution in [2.75, 3.05) is 24.4 Å². The van der Waals surface area contributed by atoms with E-state index in [-0.39, 0.29) is 11.9 Å². The zero-order valence-electron chi connectivity index (χ0n) is 23.6. The second kappa shape index (κ2) is 12.1. The van der Waals surface area contributed by atoms with E-state index in [1.54, 1.807) is 25.3 Å². The molecular formula is C32H30BClFN7O. The van der Waals surface area contributed by atoms with Crippen molar-refractivity contribution in [3.63, 3.8) is 0 Å². The number of anilines is 2. The van der Waals surface area contributed by atoms with Crippen molar-refractivity contribution in [2.24, 2.45) is 0 Å². The van der Waals surface area contributed by atoms with E-state index in [1.165, 1.54) is 18.3 Å². The van der Waals surface area contributed by atoms with E-state index < -0.39 is 5.44 Å². The van der Waals surface area contributed by atoms with Crippen molar-refractivity contribution in [3.8, 4) is 6.07 Å². The number of nitriles is 1. The molecule has 2 radical (unpaired) electrons. The zero-order chi connectivity index (χ0) is 30.0. The van der Waals surface area contributed by atoms with Crippen LogP contribution in [0.1, 0.15) is 42.0 Å². The van der Waals surface area contributed by atoms with Gasteiger partial charge in [0, 0.05) is 43.2 Å². The number of hydrazine groups is 2. The fourth-order valence-corrected chi connectivity index (χ4v) is 5.57. The van der Waals surface area contributed by atoms with E-state index in [9.17, 15) is 9.65 Å². The lowest BCUT2D eigenvalue weighted by Crippen LogP contribution is -2.45. The Morgan fingerprint density at radius 3 is 2.67 bits per heavy atom. The van der Waals surface area contributed by atoms with E-state index in [2.05, 4.69) is 32.6 Å². The Kier molecular flexibility index (Phi) is 8.13. The van der Waals surface area contributed by atoms with Gasteiger partial charge in [-0.1, -0.05) is 54.1 Å². The summed E-state index contributed by atoms with van der Waals surface area (Å²) in [6.45, 7) is 0.520. The molecule has 2 heterocycles. The van der Waals surface area contributed by atoms with Gasteiger partial charge < -0.3 is 20.8 Å². The van der Waals surface area contributed by atoms with Crippen molar-refractivity contribution < 1.29 is 9.13 Å². The molecule has 0 unspecified atom stereocenters. The van der Waals surface area contributed by atoms with Crippen molar-refractivity contribution in [1.29, 1.82) is 5.26 Å². The number of ether oxygens (including phenoxy) is 1. The predicted molar refractivity (Wildman–Crippen MR) is 167 cm³/mol. The number of methoxy groups -OCH3 is 1. The third-order valence-electron chi connectivity index (χ3n) is 7.77. The van der Waals surface area contributed by atoms with Gasteiger partial charge in [-0.3, -0.25) is 9.99 Å². The fraction of sp³-hybridized carbons (Fsp3) is 0.250. The summed E-state index contributed by atoms with van der Waals surface area (Å²) in [5.41, 5.74) is 9.50. The van der Waals surface area contributed by atoms with Gasteiger partial charge in [-0.15, -0.1) is 5.53 Å².